The molecular weight excluding hydrogens is 353 g/mol. The second-order valence-electron chi connectivity index (χ2n) is 5.04. The minimum Gasteiger partial charge on any atom is -0.458 e. The Morgan fingerprint density at radius 1 is 1.33 bits per heavy atom. The van der Waals surface area contributed by atoms with E-state index >= 15 is 0 Å². The van der Waals surface area contributed by atoms with Gasteiger partial charge in [0.25, 0.3) is 5.91 Å². The molecule has 0 radical (unpaired) electrons. The molecule has 4 nitrogen and oxygen atoms in total. The van der Waals surface area contributed by atoms with E-state index in [0.717, 1.165) is 11.6 Å². The highest BCUT2D eigenvalue weighted by Gasteiger charge is 2.19. The van der Waals surface area contributed by atoms with E-state index in [9.17, 15) is 14.3 Å². The third-order valence-electron chi connectivity index (χ3n) is 3.41. The van der Waals surface area contributed by atoms with Gasteiger partial charge in [-0.2, -0.15) is 11.3 Å². The first kappa shape index (κ1) is 16.7. The number of carbonyl (C=O) groups excluding carboxylic acids is 1. The normalized spacial score (nSPS) is 12.1. The molecule has 0 fully saturated rings. The van der Waals surface area contributed by atoms with Gasteiger partial charge in [-0.25, -0.2) is 4.39 Å². The quantitative estimate of drug-likeness (QED) is 0.710. The van der Waals surface area contributed by atoms with Crippen molar-refractivity contribution in [3.8, 4) is 11.3 Å². The number of amides is 1. The van der Waals surface area contributed by atoms with Crippen molar-refractivity contribution < 1.29 is 18.7 Å². The van der Waals surface area contributed by atoms with Gasteiger partial charge in [0.1, 0.15) is 23.4 Å². The van der Waals surface area contributed by atoms with Crippen molar-refractivity contribution >= 4 is 28.8 Å². The fourth-order valence-corrected chi connectivity index (χ4v) is 3.08. The zero-order valence-corrected chi connectivity index (χ0v) is 13.9. The number of furan rings is 1. The predicted molar refractivity (Wildman–Crippen MR) is 90.7 cm³/mol. The van der Waals surface area contributed by atoms with E-state index in [-0.39, 0.29) is 17.1 Å². The molecule has 3 rings (SSSR count). The molecule has 2 aromatic heterocycles. The summed E-state index contributed by atoms with van der Waals surface area (Å²) in [6.45, 7) is -0.125. The van der Waals surface area contributed by atoms with Crippen LogP contribution in [0.3, 0.4) is 0 Å². The predicted octanol–water partition coefficient (Wildman–Crippen LogP) is 4.26. The summed E-state index contributed by atoms with van der Waals surface area (Å²) in [5, 5.41) is 16.4. The number of benzene rings is 1. The molecule has 0 aliphatic carbocycles. The van der Waals surface area contributed by atoms with Gasteiger partial charge in [-0.1, -0.05) is 17.7 Å². The minimum absolute atomic E-state index is 0.0136. The number of hydrogen-bond donors (Lipinski definition) is 2. The van der Waals surface area contributed by atoms with Gasteiger partial charge < -0.3 is 14.8 Å². The molecule has 0 spiro atoms. The Balaban J connectivity index is 1.65. The van der Waals surface area contributed by atoms with Crippen LogP contribution in [-0.4, -0.2) is 17.6 Å². The maximum Gasteiger partial charge on any atom is 0.255 e. The fraction of sp³-hybridized carbons (Fsp3) is 0.118. The highest BCUT2D eigenvalue weighted by molar-refractivity contribution is 7.08. The zero-order chi connectivity index (χ0) is 17.1. The molecular formula is C17H13ClFNO3S. The average Bonchev–Trinajstić information content (AvgIpc) is 3.23. The summed E-state index contributed by atoms with van der Waals surface area (Å²) >= 11 is 7.38. The van der Waals surface area contributed by atoms with Crippen molar-refractivity contribution in [1.29, 1.82) is 0 Å². The second-order valence-corrected chi connectivity index (χ2v) is 6.22. The highest BCUT2D eigenvalue weighted by Crippen LogP contribution is 2.27. The van der Waals surface area contributed by atoms with Gasteiger partial charge in [-0.05, 0) is 35.7 Å². The van der Waals surface area contributed by atoms with Crippen molar-refractivity contribution in [3.63, 3.8) is 0 Å². The van der Waals surface area contributed by atoms with Crippen molar-refractivity contribution in [2.24, 2.45) is 0 Å². The van der Waals surface area contributed by atoms with Crippen LogP contribution in [0.1, 0.15) is 22.2 Å². The summed E-state index contributed by atoms with van der Waals surface area (Å²) in [6.07, 6.45) is -1.05. The number of aliphatic hydroxyl groups excluding tert-OH is 1. The lowest BCUT2D eigenvalue weighted by atomic mass is 10.2. The first-order valence-electron chi connectivity index (χ1n) is 7.09. The van der Waals surface area contributed by atoms with Crippen LogP contribution in [0.5, 0.6) is 0 Å². The third kappa shape index (κ3) is 3.51. The van der Waals surface area contributed by atoms with Crippen LogP contribution in [0, 0.1) is 5.82 Å². The van der Waals surface area contributed by atoms with Gasteiger partial charge >= 0.3 is 0 Å². The van der Waals surface area contributed by atoms with Crippen LogP contribution < -0.4 is 5.32 Å². The van der Waals surface area contributed by atoms with E-state index < -0.39 is 17.8 Å². The van der Waals surface area contributed by atoms with Gasteiger partial charge in [-0.15, -0.1) is 0 Å². The Morgan fingerprint density at radius 2 is 2.17 bits per heavy atom. The lowest BCUT2D eigenvalue weighted by Gasteiger charge is -2.11. The largest absolute Gasteiger partial charge is 0.458 e. The monoisotopic (exact) mass is 365 g/mol. The van der Waals surface area contributed by atoms with Crippen molar-refractivity contribution in [2.45, 2.75) is 6.10 Å². The van der Waals surface area contributed by atoms with Crippen LogP contribution in [0.4, 0.5) is 4.39 Å². The van der Waals surface area contributed by atoms with Gasteiger partial charge in [0, 0.05) is 10.9 Å². The Morgan fingerprint density at radius 3 is 2.88 bits per heavy atom. The average molecular weight is 366 g/mol. The molecule has 1 amide bonds. The van der Waals surface area contributed by atoms with Crippen LogP contribution in [-0.2, 0) is 0 Å². The Bertz CT molecular complexity index is 827. The maximum atomic E-state index is 13.7. The molecule has 0 saturated carbocycles. The molecule has 2 heterocycles. The molecule has 0 aliphatic heterocycles. The van der Waals surface area contributed by atoms with Crippen molar-refractivity contribution in [1.82, 2.24) is 5.32 Å². The van der Waals surface area contributed by atoms with E-state index in [1.54, 1.807) is 12.1 Å². The number of carbonyl (C=O) groups is 1. The Kier molecular flexibility index (Phi) is 4.99. The summed E-state index contributed by atoms with van der Waals surface area (Å²) in [5.41, 5.74) is 0.672. The van der Waals surface area contributed by atoms with E-state index in [0.29, 0.717) is 11.5 Å². The summed E-state index contributed by atoms with van der Waals surface area (Å²) in [4.78, 5) is 12.0. The number of halogens is 2. The van der Waals surface area contributed by atoms with E-state index in [1.807, 2.05) is 16.8 Å². The molecule has 2 N–H and O–H groups in total. The minimum atomic E-state index is -1.05. The standard InChI is InChI=1S/C17H13ClFNO3S/c18-11-2-1-3-12(19)16(11)17(22)20-8-13(21)15-5-4-14(23-15)10-6-7-24-9-10/h1-7,9,13,21H,8H2,(H,20,22)/t13-/m1/s1. The van der Waals surface area contributed by atoms with Crippen LogP contribution >= 0.6 is 22.9 Å². The fourth-order valence-electron chi connectivity index (χ4n) is 2.18. The Hall–Kier alpha value is -2.15. The lowest BCUT2D eigenvalue weighted by molar-refractivity contribution is 0.0898. The van der Waals surface area contributed by atoms with Crippen LogP contribution in [0.25, 0.3) is 11.3 Å². The van der Waals surface area contributed by atoms with Gasteiger partial charge in [0.15, 0.2) is 0 Å². The topological polar surface area (TPSA) is 62.5 Å². The highest BCUT2D eigenvalue weighted by atomic mass is 35.5. The zero-order valence-electron chi connectivity index (χ0n) is 12.3. The molecule has 0 aliphatic rings. The molecule has 0 unspecified atom stereocenters. The summed E-state index contributed by atoms with van der Waals surface area (Å²) in [5.74, 6) is -0.459. The summed E-state index contributed by atoms with van der Waals surface area (Å²) < 4.78 is 19.3. The second kappa shape index (κ2) is 7.17. The van der Waals surface area contributed by atoms with Gasteiger partial charge in [0.2, 0.25) is 0 Å². The number of hydrogen-bond acceptors (Lipinski definition) is 4. The number of nitrogens with one attached hydrogen (secondary N) is 1. The summed E-state index contributed by atoms with van der Waals surface area (Å²) in [6, 6.07) is 9.28. The summed E-state index contributed by atoms with van der Waals surface area (Å²) in [7, 11) is 0. The molecule has 0 saturated heterocycles. The van der Waals surface area contributed by atoms with Crippen molar-refractivity contribution in [2.75, 3.05) is 6.54 Å². The van der Waals surface area contributed by atoms with Gasteiger partial charge in [0.05, 0.1) is 17.1 Å². The van der Waals surface area contributed by atoms with E-state index in [4.69, 9.17) is 16.0 Å². The van der Waals surface area contributed by atoms with Crippen LogP contribution in [0.2, 0.25) is 5.02 Å². The SMILES string of the molecule is O=C(NC[C@@H](O)c1ccc(-c2ccsc2)o1)c1c(F)cccc1Cl. The number of rotatable bonds is 5. The molecule has 124 valence electrons. The molecule has 0 bridgehead atoms. The molecule has 3 aromatic rings. The first-order chi connectivity index (χ1) is 11.6. The molecule has 7 heteroatoms. The third-order valence-corrected chi connectivity index (χ3v) is 4.40. The Labute approximate surface area is 146 Å². The number of thiophene rings is 1. The maximum absolute atomic E-state index is 13.7. The molecule has 24 heavy (non-hydrogen) atoms. The molecule has 1 aromatic carbocycles. The number of aliphatic hydroxyl groups is 1. The van der Waals surface area contributed by atoms with Crippen LogP contribution in [0.15, 0.2) is 51.6 Å². The van der Waals surface area contributed by atoms with Gasteiger partial charge in [-0.3, -0.25) is 4.79 Å². The first-order valence-corrected chi connectivity index (χ1v) is 8.41. The smallest absolute Gasteiger partial charge is 0.255 e. The lowest BCUT2D eigenvalue weighted by Crippen LogP contribution is -2.29. The van der Waals surface area contributed by atoms with E-state index in [1.165, 1.54) is 23.5 Å². The van der Waals surface area contributed by atoms with Crippen molar-refractivity contribution in [3.05, 3.63) is 69.3 Å². The van der Waals surface area contributed by atoms with E-state index in [2.05, 4.69) is 5.32 Å². The molecule has 1 atom stereocenters.